The number of rotatable bonds is 5. The summed E-state index contributed by atoms with van der Waals surface area (Å²) in [5.74, 6) is 0.0354. The van der Waals surface area contributed by atoms with Crippen molar-refractivity contribution < 1.29 is 14.5 Å². The summed E-state index contributed by atoms with van der Waals surface area (Å²) in [5.41, 5.74) is 1.53. The minimum absolute atomic E-state index is 0.0394. The van der Waals surface area contributed by atoms with Crippen LogP contribution in [0.4, 0.5) is 11.4 Å². The molecule has 1 saturated heterocycles. The molecule has 7 nitrogen and oxygen atoms in total. The number of carbonyl (C=O) groups excluding carboxylic acids is 1. The first-order chi connectivity index (χ1) is 14.0. The molecule has 0 amide bonds. The fraction of sp³-hybridized carbons (Fsp3) is 0.333. The second-order valence-electron chi connectivity index (χ2n) is 7.28. The first-order valence-corrected chi connectivity index (χ1v) is 10.4. The lowest BCUT2D eigenvalue weighted by Gasteiger charge is -2.31. The van der Waals surface area contributed by atoms with E-state index in [2.05, 4.69) is 11.9 Å². The summed E-state index contributed by atoms with van der Waals surface area (Å²) in [5, 5.41) is 12.3. The van der Waals surface area contributed by atoms with Crippen LogP contribution < -0.4 is 4.90 Å². The van der Waals surface area contributed by atoms with Crippen molar-refractivity contribution in [1.82, 2.24) is 4.98 Å². The van der Waals surface area contributed by atoms with Crippen LogP contribution in [0.2, 0.25) is 0 Å². The Morgan fingerprint density at radius 2 is 2.03 bits per heavy atom. The third kappa shape index (κ3) is 4.22. The van der Waals surface area contributed by atoms with E-state index in [9.17, 15) is 14.9 Å². The molecule has 2 aromatic carbocycles. The lowest BCUT2D eigenvalue weighted by molar-refractivity contribution is -0.384. The highest BCUT2D eigenvalue weighted by Crippen LogP contribution is 2.32. The van der Waals surface area contributed by atoms with Crippen LogP contribution in [-0.2, 0) is 11.3 Å². The van der Waals surface area contributed by atoms with Gasteiger partial charge in [0.05, 0.1) is 20.7 Å². The summed E-state index contributed by atoms with van der Waals surface area (Å²) >= 11 is 1.46. The quantitative estimate of drug-likeness (QED) is 0.341. The van der Waals surface area contributed by atoms with Crippen molar-refractivity contribution >= 4 is 38.9 Å². The van der Waals surface area contributed by atoms with Crippen molar-refractivity contribution in [3.8, 4) is 0 Å². The summed E-state index contributed by atoms with van der Waals surface area (Å²) in [6.07, 6.45) is 2.01. The second-order valence-corrected chi connectivity index (χ2v) is 8.40. The Hall–Kier alpha value is -3.00. The molecule has 1 fully saturated rings. The zero-order valence-electron chi connectivity index (χ0n) is 16.0. The number of piperidine rings is 1. The molecule has 0 unspecified atom stereocenters. The largest absolute Gasteiger partial charge is 0.455 e. The molecule has 0 atom stereocenters. The molecule has 150 valence electrons. The number of fused-ring (bicyclic) bond motifs is 1. The highest BCUT2D eigenvalue weighted by molar-refractivity contribution is 7.18. The first-order valence-electron chi connectivity index (χ1n) is 9.56. The Bertz CT molecular complexity index is 1020. The highest BCUT2D eigenvalue weighted by Gasteiger charge is 2.25. The smallest absolute Gasteiger partial charge is 0.338 e. The predicted octanol–water partition coefficient (Wildman–Crippen LogP) is 4.80. The van der Waals surface area contributed by atoms with Gasteiger partial charge in [-0.1, -0.05) is 19.1 Å². The van der Waals surface area contributed by atoms with Gasteiger partial charge in [-0.2, -0.15) is 0 Å². The van der Waals surface area contributed by atoms with Crippen molar-refractivity contribution in [2.24, 2.45) is 5.92 Å². The number of esters is 1. The average Bonchev–Trinajstić information content (AvgIpc) is 3.15. The molecule has 1 aliphatic rings. The van der Waals surface area contributed by atoms with Crippen molar-refractivity contribution in [1.29, 1.82) is 0 Å². The van der Waals surface area contributed by atoms with Crippen molar-refractivity contribution in [3.63, 3.8) is 0 Å². The van der Waals surface area contributed by atoms with E-state index in [-0.39, 0.29) is 17.9 Å². The minimum atomic E-state index is -0.592. The fourth-order valence-corrected chi connectivity index (χ4v) is 4.39. The Morgan fingerprint density at radius 3 is 2.76 bits per heavy atom. The molecule has 0 aliphatic carbocycles. The Labute approximate surface area is 172 Å². The Kier molecular flexibility index (Phi) is 5.44. The molecule has 0 bridgehead atoms. The number of ether oxygens (including phenoxy) is 1. The van der Waals surface area contributed by atoms with Gasteiger partial charge in [0.15, 0.2) is 0 Å². The zero-order chi connectivity index (χ0) is 20.4. The van der Waals surface area contributed by atoms with Gasteiger partial charge in [0, 0.05) is 19.2 Å². The van der Waals surface area contributed by atoms with Gasteiger partial charge in [-0.05, 0) is 43.0 Å². The number of anilines is 1. The summed E-state index contributed by atoms with van der Waals surface area (Å²) in [6.45, 7) is 3.79. The molecular weight excluding hydrogens is 390 g/mol. The number of nitro benzene ring substituents is 1. The Balaban J connectivity index is 1.49. The number of para-hydroxylation sites is 1. The fourth-order valence-electron chi connectivity index (χ4n) is 3.51. The van der Waals surface area contributed by atoms with E-state index in [1.165, 1.54) is 17.4 Å². The number of thiazole rings is 1. The number of hydrogen-bond acceptors (Lipinski definition) is 7. The van der Waals surface area contributed by atoms with Gasteiger partial charge >= 0.3 is 5.97 Å². The molecule has 0 spiro atoms. The summed E-state index contributed by atoms with van der Waals surface area (Å²) < 4.78 is 6.37. The third-order valence-corrected chi connectivity index (χ3v) is 6.21. The Morgan fingerprint density at radius 1 is 1.28 bits per heavy atom. The molecule has 2 heterocycles. The number of benzene rings is 2. The maximum absolute atomic E-state index is 12.5. The number of aromatic nitrogens is 1. The lowest BCUT2D eigenvalue weighted by atomic mass is 9.98. The molecule has 0 N–H and O–H groups in total. The van der Waals surface area contributed by atoms with Crippen LogP contribution in [0.25, 0.3) is 10.2 Å². The minimum Gasteiger partial charge on any atom is -0.455 e. The average molecular weight is 411 g/mol. The number of nitro groups is 1. The van der Waals surface area contributed by atoms with Gasteiger partial charge in [-0.3, -0.25) is 10.1 Å². The van der Waals surface area contributed by atoms with Crippen molar-refractivity contribution in [2.75, 3.05) is 18.0 Å². The van der Waals surface area contributed by atoms with Gasteiger partial charge in [0.1, 0.15) is 17.3 Å². The molecule has 1 aromatic heterocycles. The van der Waals surface area contributed by atoms with Crippen LogP contribution in [-0.4, -0.2) is 29.0 Å². The number of hydrogen-bond donors (Lipinski definition) is 0. The van der Waals surface area contributed by atoms with Crippen LogP contribution in [0.5, 0.6) is 0 Å². The topological polar surface area (TPSA) is 85.6 Å². The van der Waals surface area contributed by atoms with Crippen LogP contribution in [0, 0.1) is 16.0 Å². The summed E-state index contributed by atoms with van der Waals surface area (Å²) in [6, 6.07) is 12.3. The SMILES string of the molecule is CC1CCN(c2ccc(C(=O)OCc3nc4ccccc4s3)cc2[N+](=O)[O-])CC1. The predicted molar refractivity (Wildman–Crippen MR) is 112 cm³/mol. The van der Waals surface area contributed by atoms with E-state index in [4.69, 9.17) is 4.74 Å². The lowest BCUT2D eigenvalue weighted by Crippen LogP contribution is -2.33. The molecular formula is C21H21N3O4S. The molecule has 1 aliphatic heterocycles. The number of nitrogens with zero attached hydrogens (tertiary/aromatic N) is 3. The summed E-state index contributed by atoms with van der Waals surface area (Å²) in [4.78, 5) is 30.1. The highest BCUT2D eigenvalue weighted by atomic mass is 32.1. The van der Waals surface area contributed by atoms with E-state index in [0.29, 0.717) is 16.6 Å². The van der Waals surface area contributed by atoms with Crippen LogP contribution >= 0.6 is 11.3 Å². The molecule has 4 rings (SSSR count). The van der Waals surface area contributed by atoms with Crippen molar-refractivity contribution in [2.45, 2.75) is 26.4 Å². The molecule has 0 saturated carbocycles. The standard InChI is InChI=1S/C21H21N3O4S/c1-14-8-10-23(11-9-14)17-7-6-15(12-18(17)24(26)27)21(25)28-13-20-22-16-4-2-3-5-19(16)29-20/h2-7,12,14H,8-11,13H2,1H3. The third-order valence-electron chi connectivity index (χ3n) is 5.20. The molecule has 0 radical (unpaired) electrons. The normalized spacial score (nSPS) is 14.9. The van der Waals surface area contributed by atoms with Gasteiger partial charge in [-0.15, -0.1) is 11.3 Å². The van der Waals surface area contributed by atoms with Gasteiger partial charge in [0.2, 0.25) is 0 Å². The maximum Gasteiger partial charge on any atom is 0.338 e. The van der Waals surface area contributed by atoms with Gasteiger partial charge in [0.25, 0.3) is 5.69 Å². The summed E-state index contributed by atoms with van der Waals surface area (Å²) in [7, 11) is 0. The molecule has 29 heavy (non-hydrogen) atoms. The van der Waals surface area contributed by atoms with E-state index in [0.717, 1.165) is 36.1 Å². The van der Waals surface area contributed by atoms with Crippen LogP contribution in [0.1, 0.15) is 35.1 Å². The van der Waals surface area contributed by atoms with Gasteiger partial charge in [-0.25, -0.2) is 9.78 Å². The van der Waals surface area contributed by atoms with Crippen LogP contribution in [0.3, 0.4) is 0 Å². The second kappa shape index (κ2) is 8.16. The van der Waals surface area contributed by atoms with E-state index in [1.54, 1.807) is 12.1 Å². The first kappa shape index (κ1) is 19.3. The van der Waals surface area contributed by atoms with Crippen molar-refractivity contribution in [3.05, 3.63) is 63.1 Å². The zero-order valence-corrected chi connectivity index (χ0v) is 16.9. The monoisotopic (exact) mass is 411 g/mol. The van der Waals surface area contributed by atoms with E-state index < -0.39 is 10.9 Å². The van der Waals surface area contributed by atoms with Crippen LogP contribution in [0.15, 0.2) is 42.5 Å². The molecule has 3 aromatic rings. The van der Waals surface area contributed by atoms with Gasteiger partial charge < -0.3 is 9.64 Å². The van der Waals surface area contributed by atoms with E-state index in [1.807, 2.05) is 29.2 Å². The number of carbonyl (C=O) groups is 1. The molecule has 8 heteroatoms. The maximum atomic E-state index is 12.5. The van der Waals surface area contributed by atoms with E-state index >= 15 is 0 Å².